The zero-order valence-corrected chi connectivity index (χ0v) is 28.0. The zero-order chi connectivity index (χ0) is 33.2. The number of aromatic nitrogens is 4. The van der Waals surface area contributed by atoms with Crippen molar-refractivity contribution >= 4 is 35.1 Å². The molecule has 0 aliphatic carbocycles. The van der Waals surface area contributed by atoms with Crippen LogP contribution >= 0.6 is 11.3 Å². The van der Waals surface area contributed by atoms with E-state index in [0.717, 1.165) is 29.1 Å². The summed E-state index contributed by atoms with van der Waals surface area (Å²) in [5.41, 5.74) is 0.507. The number of benzene rings is 1. The molecule has 4 heterocycles. The third kappa shape index (κ3) is 7.41. The van der Waals surface area contributed by atoms with E-state index in [1.54, 1.807) is 58.2 Å². The van der Waals surface area contributed by atoms with Gasteiger partial charge in [-0.2, -0.15) is 0 Å². The molecule has 1 saturated heterocycles. The molecule has 1 aliphatic heterocycles. The van der Waals surface area contributed by atoms with Gasteiger partial charge < -0.3 is 24.3 Å². The molecule has 3 aromatic heterocycles. The second kappa shape index (κ2) is 13.0. The molecule has 1 fully saturated rings. The summed E-state index contributed by atoms with van der Waals surface area (Å²) < 4.78 is 11.7. The lowest BCUT2D eigenvalue weighted by atomic mass is 9.92. The van der Waals surface area contributed by atoms with Crippen molar-refractivity contribution in [2.75, 3.05) is 18.5 Å². The molecule has 0 radical (unpaired) electrons. The molecule has 0 unspecified atom stereocenters. The lowest BCUT2D eigenvalue weighted by molar-refractivity contribution is -0.116. The van der Waals surface area contributed by atoms with Gasteiger partial charge in [0, 0.05) is 43.6 Å². The maximum absolute atomic E-state index is 14.0. The lowest BCUT2D eigenvalue weighted by Crippen LogP contribution is -2.47. The molecule has 5 rings (SSSR count). The highest BCUT2D eigenvalue weighted by Crippen LogP contribution is 2.36. The quantitative estimate of drug-likeness (QED) is 0.250. The van der Waals surface area contributed by atoms with Gasteiger partial charge in [0.1, 0.15) is 27.7 Å². The van der Waals surface area contributed by atoms with Crippen LogP contribution < -0.4 is 10.2 Å². The first-order valence-corrected chi connectivity index (χ1v) is 16.0. The molecule has 3 amide bonds. The minimum atomic E-state index is -1.16. The molecule has 13 heteroatoms. The van der Waals surface area contributed by atoms with Gasteiger partial charge in [-0.1, -0.05) is 30.3 Å². The van der Waals surface area contributed by atoms with Gasteiger partial charge in [0.25, 0.3) is 11.8 Å². The third-order valence-electron chi connectivity index (χ3n) is 7.60. The first-order chi connectivity index (χ1) is 21.7. The minimum Gasteiger partial charge on any atom is -0.444 e. The number of carbonyl (C=O) groups is 3. The summed E-state index contributed by atoms with van der Waals surface area (Å²) in [5, 5.41) is 14.4. The summed E-state index contributed by atoms with van der Waals surface area (Å²) in [5.74, 6) is -0.0634. The van der Waals surface area contributed by atoms with Gasteiger partial charge in [0.05, 0.1) is 6.04 Å². The number of nitrogens with zero attached hydrogens (tertiary/aromatic N) is 6. The zero-order valence-electron chi connectivity index (χ0n) is 27.2. The Hall–Kier alpha value is -4.65. The predicted molar refractivity (Wildman–Crippen MR) is 173 cm³/mol. The van der Waals surface area contributed by atoms with Crippen molar-refractivity contribution in [3.05, 3.63) is 75.6 Å². The summed E-state index contributed by atoms with van der Waals surface area (Å²) in [6.07, 6.45) is 1.35. The van der Waals surface area contributed by atoms with E-state index in [1.807, 2.05) is 47.5 Å². The number of aryl methyl sites for hydroxylation is 1. The molecule has 0 spiro atoms. The first kappa shape index (κ1) is 32.7. The van der Waals surface area contributed by atoms with E-state index in [2.05, 4.69) is 25.5 Å². The Morgan fingerprint density at radius 1 is 1.11 bits per heavy atom. The van der Waals surface area contributed by atoms with Gasteiger partial charge in [0.2, 0.25) is 11.8 Å². The molecule has 4 aromatic rings. The number of thiazole rings is 1. The lowest BCUT2D eigenvalue weighted by Gasteiger charge is -2.29. The van der Waals surface area contributed by atoms with Crippen LogP contribution in [0.15, 0.2) is 52.3 Å². The van der Waals surface area contributed by atoms with Gasteiger partial charge in [0.15, 0.2) is 0 Å². The predicted octanol–water partition coefficient (Wildman–Crippen LogP) is 5.84. The van der Waals surface area contributed by atoms with Crippen molar-refractivity contribution in [3.63, 3.8) is 0 Å². The van der Waals surface area contributed by atoms with Crippen molar-refractivity contribution in [3.8, 4) is 11.6 Å². The van der Waals surface area contributed by atoms with E-state index < -0.39 is 17.2 Å². The highest BCUT2D eigenvalue weighted by molar-refractivity contribution is 7.09. The highest BCUT2D eigenvalue weighted by atomic mass is 32.1. The highest BCUT2D eigenvalue weighted by Gasteiger charge is 2.37. The molecule has 2 atom stereocenters. The number of likely N-dealkylation sites (tertiary alicyclic amines) is 1. The first-order valence-electron chi connectivity index (χ1n) is 15.1. The molecule has 0 bridgehead atoms. The van der Waals surface area contributed by atoms with E-state index in [1.165, 1.54) is 11.8 Å². The molecule has 1 N–H and O–H groups in total. The molecular weight excluding hydrogens is 606 g/mol. The Labute approximate surface area is 272 Å². The topological polar surface area (TPSA) is 144 Å². The fraction of sp³-hybridized carbons (Fsp3) is 0.424. The summed E-state index contributed by atoms with van der Waals surface area (Å²) in [6.45, 7) is 11.1. The molecular formula is C33H39N7O5S. The number of alkyl carbamates (subject to hydrolysis) is 1. The number of hydrogen-bond donors (Lipinski definition) is 1. The standard InChI is InChI=1S/C33H39N7O5S/c1-20-19-46-28(34-20)25-14-11-15-40(25)29(42)23-16-24(35-26(17-23)39(7)21(2)41)27-37-38-30(44-27)33(6,18-22-12-9-8-10-13-22)36-31(43)45-32(3,4)5/h8-10,12-13,16-17,19,25H,11,14-15,18H2,1-7H3,(H,36,43)/t25-,33-/m1/s1. The number of carbonyl (C=O) groups excluding carboxylic acids is 3. The van der Waals surface area contributed by atoms with E-state index in [0.29, 0.717) is 18.5 Å². The van der Waals surface area contributed by atoms with Gasteiger partial charge >= 0.3 is 6.09 Å². The average molecular weight is 646 g/mol. The van der Waals surface area contributed by atoms with Crippen LogP contribution in [0.2, 0.25) is 0 Å². The molecule has 46 heavy (non-hydrogen) atoms. The van der Waals surface area contributed by atoms with Crippen LogP contribution in [0, 0.1) is 6.92 Å². The van der Waals surface area contributed by atoms with Crippen LogP contribution in [0.25, 0.3) is 11.6 Å². The van der Waals surface area contributed by atoms with E-state index in [4.69, 9.17) is 9.15 Å². The number of nitrogens with one attached hydrogen (secondary N) is 1. The maximum atomic E-state index is 14.0. The number of rotatable bonds is 8. The summed E-state index contributed by atoms with van der Waals surface area (Å²) in [6, 6.07) is 12.6. The van der Waals surface area contributed by atoms with Gasteiger partial charge in [-0.05, 0) is 65.2 Å². The average Bonchev–Trinajstić information content (AvgIpc) is 3.76. The van der Waals surface area contributed by atoms with Crippen molar-refractivity contribution in [2.24, 2.45) is 0 Å². The van der Waals surface area contributed by atoms with Crippen LogP contribution in [0.3, 0.4) is 0 Å². The minimum absolute atomic E-state index is 0.0293. The largest absolute Gasteiger partial charge is 0.444 e. The fourth-order valence-corrected chi connectivity index (χ4v) is 6.24. The molecule has 12 nitrogen and oxygen atoms in total. The van der Waals surface area contributed by atoms with Crippen molar-refractivity contribution in [2.45, 2.75) is 78.0 Å². The van der Waals surface area contributed by atoms with Gasteiger partial charge in [-0.3, -0.25) is 9.59 Å². The molecule has 0 saturated carbocycles. The van der Waals surface area contributed by atoms with Crippen molar-refractivity contribution in [1.82, 2.24) is 30.4 Å². The van der Waals surface area contributed by atoms with Crippen LogP contribution in [0.4, 0.5) is 10.6 Å². The van der Waals surface area contributed by atoms with Gasteiger partial charge in [-0.25, -0.2) is 14.8 Å². The fourth-order valence-electron chi connectivity index (χ4n) is 5.30. The Morgan fingerprint density at radius 2 is 1.85 bits per heavy atom. The van der Waals surface area contributed by atoms with Crippen LogP contribution in [-0.4, -0.2) is 62.2 Å². The van der Waals surface area contributed by atoms with Crippen molar-refractivity contribution < 1.29 is 23.5 Å². The maximum Gasteiger partial charge on any atom is 0.408 e. The second-order valence-electron chi connectivity index (χ2n) is 12.7. The molecule has 1 aromatic carbocycles. The Kier molecular flexibility index (Phi) is 9.24. The number of ether oxygens (including phenoxy) is 1. The summed E-state index contributed by atoms with van der Waals surface area (Å²) in [4.78, 5) is 51.8. The molecule has 242 valence electrons. The smallest absolute Gasteiger partial charge is 0.408 e. The SMILES string of the molecule is CC(=O)N(C)c1cc(C(=O)N2CCC[C@@H]2c2nc(C)cs2)cc(-c2nnc([C@@](C)(Cc3ccccc3)NC(=O)OC(C)(C)C)o2)n1. The Morgan fingerprint density at radius 3 is 2.50 bits per heavy atom. The summed E-state index contributed by atoms with van der Waals surface area (Å²) >= 11 is 1.55. The number of hydrogen-bond acceptors (Lipinski definition) is 10. The van der Waals surface area contributed by atoms with Crippen LogP contribution in [0.1, 0.15) is 86.0 Å². The van der Waals surface area contributed by atoms with Gasteiger partial charge in [-0.15, -0.1) is 21.5 Å². The normalized spacial score (nSPS) is 16.2. The molecule has 1 aliphatic rings. The van der Waals surface area contributed by atoms with Crippen molar-refractivity contribution in [1.29, 1.82) is 0 Å². The van der Waals surface area contributed by atoms with Crippen LogP contribution in [0.5, 0.6) is 0 Å². The number of anilines is 1. The van der Waals surface area contributed by atoms with E-state index >= 15 is 0 Å². The summed E-state index contributed by atoms with van der Waals surface area (Å²) in [7, 11) is 1.58. The third-order valence-corrected chi connectivity index (χ3v) is 8.67. The number of amides is 3. The Balaban J connectivity index is 1.52. The monoisotopic (exact) mass is 645 g/mol. The second-order valence-corrected chi connectivity index (χ2v) is 13.6. The van der Waals surface area contributed by atoms with E-state index in [-0.39, 0.29) is 41.1 Å². The Bertz CT molecular complexity index is 1730. The van der Waals surface area contributed by atoms with Crippen LogP contribution in [-0.2, 0) is 21.5 Å². The number of pyridine rings is 1. The van der Waals surface area contributed by atoms with E-state index in [9.17, 15) is 14.4 Å².